The highest BCUT2D eigenvalue weighted by Gasteiger charge is 2.45. The Bertz CT molecular complexity index is 875. The molecule has 26 heavy (non-hydrogen) atoms. The lowest BCUT2D eigenvalue weighted by molar-refractivity contribution is -0.121. The van der Waals surface area contributed by atoms with E-state index in [1.807, 2.05) is 0 Å². The number of oxime groups is 1. The molecule has 2 aromatic carbocycles. The summed E-state index contributed by atoms with van der Waals surface area (Å²) < 4.78 is 44.6. The number of aryl methyl sites for hydroxylation is 1. The predicted molar refractivity (Wildman–Crippen MR) is 89.2 cm³/mol. The van der Waals surface area contributed by atoms with Crippen molar-refractivity contribution in [3.63, 3.8) is 0 Å². The topological polar surface area (TPSA) is 62.1 Å². The first-order valence-electron chi connectivity index (χ1n) is 7.81. The van der Waals surface area contributed by atoms with Crippen molar-refractivity contribution >= 4 is 5.71 Å². The number of rotatable bonds is 3. The molecule has 1 unspecified atom stereocenters. The van der Waals surface area contributed by atoms with Crippen molar-refractivity contribution in [2.24, 2.45) is 5.16 Å². The molecule has 1 heterocycles. The summed E-state index contributed by atoms with van der Waals surface area (Å²) in [5, 5.41) is 23.6. The van der Waals surface area contributed by atoms with Gasteiger partial charge >= 0.3 is 6.18 Å². The van der Waals surface area contributed by atoms with Crippen LogP contribution >= 0.6 is 0 Å². The van der Waals surface area contributed by atoms with Crippen LogP contribution in [0.2, 0.25) is 0 Å². The standard InChI is InChI=1S/C19H16F3NO3/c1-12-7-8-16-14(9-12)18(24,11-17(26-16)19(20,21)22)10-15(23-25)13-5-3-2-4-6-13/h2-9,11,24-25H,10H2,1H3/b23-15-. The van der Waals surface area contributed by atoms with Gasteiger partial charge in [0.05, 0.1) is 5.71 Å². The number of hydrogen-bond donors (Lipinski definition) is 2. The number of allylic oxidation sites excluding steroid dienone is 1. The zero-order valence-electron chi connectivity index (χ0n) is 13.8. The van der Waals surface area contributed by atoms with Gasteiger partial charge in [0, 0.05) is 18.1 Å². The quantitative estimate of drug-likeness (QED) is 0.486. The molecule has 2 aromatic rings. The van der Waals surface area contributed by atoms with Crippen LogP contribution in [0.25, 0.3) is 0 Å². The molecule has 0 saturated carbocycles. The molecule has 1 aliphatic rings. The Hall–Kier alpha value is -2.80. The first kappa shape index (κ1) is 18.0. The van der Waals surface area contributed by atoms with Gasteiger partial charge in [-0.2, -0.15) is 13.2 Å². The second kappa shape index (κ2) is 6.49. The fraction of sp³-hybridized carbons (Fsp3) is 0.211. The molecule has 0 bridgehead atoms. The minimum Gasteiger partial charge on any atom is -0.452 e. The zero-order valence-corrected chi connectivity index (χ0v) is 13.8. The molecule has 0 saturated heterocycles. The van der Waals surface area contributed by atoms with Crippen molar-refractivity contribution < 1.29 is 28.2 Å². The Morgan fingerprint density at radius 3 is 2.46 bits per heavy atom. The van der Waals surface area contributed by atoms with E-state index in [9.17, 15) is 23.5 Å². The second-order valence-electron chi connectivity index (χ2n) is 6.12. The van der Waals surface area contributed by atoms with Gasteiger partial charge in [-0.15, -0.1) is 0 Å². The number of alkyl halides is 3. The fourth-order valence-electron chi connectivity index (χ4n) is 2.88. The van der Waals surface area contributed by atoms with Gasteiger partial charge in [-0.1, -0.05) is 47.1 Å². The first-order valence-corrected chi connectivity index (χ1v) is 7.81. The fourth-order valence-corrected chi connectivity index (χ4v) is 2.88. The van der Waals surface area contributed by atoms with Gasteiger partial charge < -0.3 is 15.1 Å². The molecule has 7 heteroatoms. The summed E-state index contributed by atoms with van der Waals surface area (Å²) in [4.78, 5) is 0. The van der Waals surface area contributed by atoms with Crippen molar-refractivity contribution in [2.75, 3.05) is 0 Å². The highest BCUT2D eigenvalue weighted by molar-refractivity contribution is 6.01. The van der Waals surface area contributed by atoms with Crippen LogP contribution in [0.3, 0.4) is 0 Å². The molecule has 1 aliphatic heterocycles. The van der Waals surface area contributed by atoms with Crippen LogP contribution in [0.4, 0.5) is 13.2 Å². The molecule has 3 rings (SSSR count). The normalized spacial score (nSPS) is 20.2. The zero-order chi connectivity index (χ0) is 18.9. The average Bonchev–Trinajstić information content (AvgIpc) is 2.60. The number of aliphatic hydroxyl groups is 1. The van der Waals surface area contributed by atoms with E-state index in [2.05, 4.69) is 5.16 Å². The molecule has 0 spiro atoms. The monoisotopic (exact) mass is 363 g/mol. The maximum atomic E-state index is 13.2. The Kier molecular flexibility index (Phi) is 4.50. The summed E-state index contributed by atoms with van der Waals surface area (Å²) in [5.41, 5.74) is -0.562. The van der Waals surface area contributed by atoms with E-state index in [0.717, 1.165) is 5.56 Å². The van der Waals surface area contributed by atoms with E-state index < -0.39 is 17.5 Å². The number of benzene rings is 2. The van der Waals surface area contributed by atoms with E-state index in [-0.39, 0.29) is 23.4 Å². The lowest BCUT2D eigenvalue weighted by Crippen LogP contribution is -2.34. The van der Waals surface area contributed by atoms with Crippen molar-refractivity contribution in [1.82, 2.24) is 0 Å². The van der Waals surface area contributed by atoms with Crippen LogP contribution in [-0.4, -0.2) is 22.2 Å². The third kappa shape index (κ3) is 3.43. The number of nitrogens with zero attached hydrogens (tertiary/aromatic N) is 1. The number of ether oxygens (including phenoxy) is 1. The molecule has 0 radical (unpaired) electrons. The third-order valence-electron chi connectivity index (χ3n) is 4.14. The number of halogens is 3. The summed E-state index contributed by atoms with van der Waals surface area (Å²) in [6.45, 7) is 1.75. The molecule has 0 aromatic heterocycles. The van der Waals surface area contributed by atoms with Gasteiger partial charge in [0.1, 0.15) is 11.4 Å². The largest absolute Gasteiger partial charge is 0.452 e. The summed E-state index contributed by atoms with van der Waals surface area (Å²) in [6, 6.07) is 13.0. The van der Waals surface area contributed by atoms with Gasteiger partial charge in [-0.3, -0.25) is 0 Å². The lowest BCUT2D eigenvalue weighted by atomic mass is 9.83. The maximum absolute atomic E-state index is 13.2. The first-order chi connectivity index (χ1) is 12.2. The van der Waals surface area contributed by atoms with Crippen molar-refractivity contribution in [3.05, 3.63) is 77.1 Å². The van der Waals surface area contributed by atoms with Gasteiger partial charge in [0.15, 0.2) is 0 Å². The molecule has 4 nitrogen and oxygen atoms in total. The van der Waals surface area contributed by atoms with Crippen LogP contribution in [0.1, 0.15) is 23.1 Å². The minimum absolute atomic E-state index is 0.0558. The summed E-state index contributed by atoms with van der Waals surface area (Å²) in [5.74, 6) is -1.39. The maximum Gasteiger partial charge on any atom is 0.449 e. The van der Waals surface area contributed by atoms with Gasteiger partial charge in [-0.05, 0) is 24.6 Å². The number of fused-ring (bicyclic) bond motifs is 1. The average molecular weight is 363 g/mol. The molecule has 2 N–H and O–H groups in total. The molecule has 1 atom stereocenters. The summed E-state index contributed by atoms with van der Waals surface area (Å²) >= 11 is 0. The highest BCUT2D eigenvalue weighted by Crippen LogP contribution is 2.44. The predicted octanol–water partition coefficient (Wildman–Crippen LogP) is 4.29. The second-order valence-corrected chi connectivity index (χ2v) is 6.12. The van der Waals surface area contributed by atoms with Gasteiger partial charge in [0.2, 0.25) is 5.76 Å². The molecule has 0 aliphatic carbocycles. The van der Waals surface area contributed by atoms with E-state index in [0.29, 0.717) is 11.6 Å². The molecule has 0 amide bonds. The van der Waals surface area contributed by atoms with Crippen LogP contribution in [0.5, 0.6) is 5.75 Å². The van der Waals surface area contributed by atoms with E-state index in [1.165, 1.54) is 6.07 Å². The molecular weight excluding hydrogens is 347 g/mol. The van der Waals surface area contributed by atoms with Gasteiger partial charge in [-0.25, -0.2) is 0 Å². The minimum atomic E-state index is -4.76. The summed E-state index contributed by atoms with van der Waals surface area (Å²) in [6.07, 6.45) is -4.49. The molecule has 136 valence electrons. The molecular formula is C19H16F3NO3. The molecule has 0 fully saturated rings. The third-order valence-corrected chi connectivity index (χ3v) is 4.14. The highest BCUT2D eigenvalue weighted by atomic mass is 19.4. The smallest absolute Gasteiger partial charge is 0.449 e. The summed E-state index contributed by atoms with van der Waals surface area (Å²) in [7, 11) is 0. The van der Waals surface area contributed by atoms with Crippen molar-refractivity contribution in [3.8, 4) is 5.75 Å². The Morgan fingerprint density at radius 1 is 1.15 bits per heavy atom. The lowest BCUT2D eigenvalue weighted by Gasteiger charge is -2.33. The van der Waals surface area contributed by atoms with Crippen LogP contribution < -0.4 is 4.74 Å². The number of hydrogen-bond acceptors (Lipinski definition) is 4. The van der Waals surface area contributed by atoms with Crippen LogP contribution in [-0.2, 0) is 5.60 Å². The van der Waals surface area contributed by atoms with Crippen molar-refractivity contribution in [2.45, 2.75) is 25.1 Å². The van der Waals surface area contributed by atoms with E-state index in [1.54, 1.807) is 49.4 Å². The Morgan fingerprint density at radius 2 is 1.85 bits per heavy atom. The van der Waals surface area contributed by atoms with Gasteiger partial charge in [0.25, 0.3) is 0 Å². The van der Waals surface area contributed by atoms with Crippen LogP contribution in [0.15, 0.2) is 65.5 Å². The van der Waals surface area contributed by atoms with E-state index >= 15 is 0 Å². The van der Waals surface area contributed by atoms with Crippen molar-refractivity contribution in [1.29, 1.82) is 0 Å². The Labute approximate surface area is 147 Å². The van der Waals surface area contributed by atoms with E-state index in [4.69, 9.17) is 4.74 Å². The SMILES string of the molecule is Cc1ccc2c(c1)C(O)(C/C(=N/O)c1ccccc1)C=C(C(F)(F)F)O2. The Balaban J connectivity index is 2.10. The van der Waals surface area contributed by atoms with Crippen LogP contribution in [0, 0.1) is 6.92 Å².